The smallest absolute Gasteiger partial charge is 0.318 e. The van der Waals surface area contributed by atoms with Gasteiger partial charge in [-0.2, -0.15) is 8.42 Å². The van der Waals surface area contributed by atoms with Gasteiger partial charge in [0.25, 0.3) is 10.1 Å². The van der Waals surface area contributed by atoms with Crippen LogP contribution in [0.15, 0.2) is 29.2 Å². The third-order valence-electron chi connectivity index (χ3n) is 1.43. The fraction of sp³-hybridized carbons (Fsp3) is 0.250. The van der Waals surface area contributed by atoms with Crippen LogP contribution in [0.25, 0.3) is 0 Å². The quantitative estimate of drug-likeness (QED) is 0.501. The van der Waals surface area contributed by atoms with Crippen LogP contribution in [0.5, 0.6) is 5.75 Å². The van der Waals surface area contributed by atoms with Gasteiger partial charge >= 0.3 is 5.97 Å². The van der Waals surface area contributed by atoms with Crippen molar-refractivity contribution in [3.8, 4) is 5.75 Å². The molecule has 0 aliphatic carbocycles. The van der Waals surface area contributed by atoms with E-state index in [2.05, 4.69) is 4.74 Å². The van der Waals surface area contributed by atoms with Gasteiger partial charge in [0, 0.05) is 6.92 Å². The molecule has 1 rings (SSSR count). The number of hydrogen-bond donors (Lipinski definition) is 3. The third-order valence-corrected chi connectivity index (χ3v) is 2.30. The molecule has 0 heterocycles. The lowest BCUT2D eigenvalue weighted by Crippen LogP contribution is -2.30. The Balaban J connectivity index is 2.92. The van der Waals surface area contributed by atoms with Gasteiger partial charge in [0.05, 0.1) is 4.90 Å². The van der Waals surface area contributed by atoms with Crippen molar-refractivity contribution >= 4 is 10.1 Å². The van der Waals surface area contributed by atoms with Crippen molar-refractivity contribution < 1.29 is 27.9 Å². The van der Waals surface area contributed by atoms with Crippen LogP contribution in [0.4, 0.5) is 0 Å². The molecular formula is C8H10O6S. The molecule has 15 heavy (non-hydrogen) atoms. The van der Waals surface area contributed by atoms with E-state index in [1.165, 1.54) is 12.1 Å². The van der Waals surface area contributed by atoms with E-state index in [4.69, 9.17) is 14.8 Å². The van der Waals surface area contributed by atoms with Gasteiger partial charge in [0.2, 0.25) is 0 Å². The Hall–Kier alpha value is -1.15. The minimum atomic E-state index is -4.24. The van der Waals surface area contributed by atoms with Crippen LogP contribution in [0, 0.1) is 0 Å². The number of rotatable bonds is 3. The minimum absolute atomic E-state index is 0.0647. The molecule has 0 fully saturated rings. The van der Waals surface area contributed by atoms with Gasteiger partial charge in [-0.25, -0.2) is 0 Å². The fourth-order valence-corrected chi connectivity index (χ4v) is 1.38. The second kappa shape index (κ2) is 3.78. The van der Waals surface area contributed by atoms with E-state index >= 15 is 0 Å². The molecule has 0 amide bonds. The van der Waals surface area contributed by atoms with E-state index in [-0.39, 0.29) is 10.6 Å². The molecule has 0 aliphatic heterocycles. The van der Waals surface area contributed by atoms with Crippen molar-refractivity contribution in [3.05, 3.63) is 24.3 Å². The first-order chi connectivity index (χ1) is 6.68. The molecular weight excluding hydrogens is 224 g/mol. The lowest BCUT2D eigenvalue weighted by Gasteiger charge is -2.17. The van der Waals surface area contributed by atoms with Crippen molar-refractivity contribution in [1.82, 2.24) is 0 Å². The van der Waals surface area contributed by atoms with Crippen molar-refractivity contribution in [2.45, 2.75) is 17.8 Å². The summed E-state index contributed by atoms with van der Waals surface area (Å²) in [5.74, 6) is -2.27. The Morgan fingerprint density at radius 2 is 1.67 bits per heavy atom. The van der Waals surface area contributed by atoms with Gasteiger partial charge in [0.1, 0.15) is 5.75 Å². The zero-order valence-corrected chi connectivity index (χ0v) is 8.60. The zero-order chi connectivity index (χ0) is 11.7. The zero-order valence-electron chi connectivity index (χ0n) is 7.78. The largest absolute Gasteiger partial charge is 0.439 e. The molecule has 0 aliphatic rings. The predicted octanol–water partition coefficient (Wildman–Crippen LogP) is -0.0296. The highest BCUT2D eigenvalue weighted by molar-refractivity contribution is 7.85. The molecule has 1 aromatic carbocycles. The molecule has 0 saturated carbocycles. The average molecular weight is 234 g/mol. The van der Waals surface area contributed by atoms with Crippen molar-refractivity contribution in [1.29, 1.82) is 0 Å². The summed E-state index contributed by atoms with van der Waals surface area (Å²) in [6.07, 6.45) is 0. The van der Waals surface area contributed by atoms with Gasteiger partial charge in [-0.05, 0) is 24.3 Å². The standard InChI is InChI=1S/C8H10O6S/c1-8(9,10)14-6-2-4-7(5-3-6)15(11,12)13/h2-5,9-10H,1H3,(H,11,12,13). The molecule has 0 aromatic heterocycles. The van der Waals surface area contributed by atoms with E-state index in [0.717, 1.165) is 19.1 Å². The minimum Gasteiger partial charge on any atom is -0.439 e. The summed E-state index contributed by atoms with van der Waals surface area (Å²) in [5.41, 5.74) is 0. The van der Waals surface area contributed by atoms with Gasteiger partial charge < -0.3 is 14.9 Å². The summed E-state index contributed by atoms with van der Waals surface area (Å²) in [5, 5.41) is 17.7. The maximum absolute atomic E-state index is 10.6. The van der Waals surface area contributed by atoms with Crippen LogP contribution < -0.4 is 4.74 Å². The third kappa shape index (κ3) is 3.84. The van der Waals surface area contributed by atoms with Crippen LogP contribution in [-0.4, -0.2) is 29.2 Å². The molecule has 3 N–H and O–H groups in total. The van der Waals surface area contributed by atoms with Crippen LogP contribution in [0.2, 0.25) is 0 Å². The Bertz CT molecular complexity index is 427. The predicted molar refractivity (Wildman–Crippen MR) is 49.7 cm³/mol. The fourth-order valence-electron chi connectivity index (χ4n) is 0.903. The van der Waals surface area contributed by atoms with E-state index < -0.39 is 16.1 Å². The Labute approximate surface area is 86.5 Å². The second-order valence-corrected chi connectivity index (χ2v) is 4.40. The maximum Gasteiger partial charge on any atom is 0.318 e. The lowest BCUT2D eigenvalue weighted by molar-refractivity contribution is -0.277. The Morgan fingerprint density at radius 3 is 2.00 bits per heavy atom. The topological polar surface area (TPSA) is 104 Å². The lowest BCUT2D eigenvalue weighted by atomic mass is 10.3. The number of hydrogen-bond acceptors (Lipinski definition) is 5. The number of benzene rings is 1. The highest BCUT2D eigenvalue weighted by atomic mass is 32.2. The molecule has 0 radical (unpaired) electrons. The summed E-state index contributed by atoms with van der Waals surface area (Å²) in [6.45, 7) is 1.00. The van der Waals surface area contributed by atoms with E-state index in [9.17, 15) is 8.42 Å². The summed E-state index contributed by atoms with van der Waals surface area (Å²) in [6, 6.07) is 4.54. The molecule has 6 nitrogen and oxygen atoms in total. The van der Waals surface area contributed by atoms with Gasteiger partial charge in [-0.1, -0.05) is 0 Å². The van der Waals surface area contributed by atoms with Gasteiger partial charge in [-0.15, -0.1) is 0 Å². The van der Waals surface area contributed by atoms with Crippen molar-refractivity contribution in [2.24, 2.45) is 0 Å². The highest BCUT2D eigenvalue weighted by Crippen LogP contribution is 2.18. The summed E-state index contributed by atoms with van der Waals surface area (Å²) >= 11 is 0. The monoisotopic (exact) mass is 234 g/mol. The average Bonchev–Trinajstić information content (AvgIpc) is 2.00. The van der Waals surface area contributed by atoms with Crippen molar-refractivity contribution in [3.63, 3.8) is 0 Å². The normalized spacial score (nSPS) is 12.5. The number of ether oxygens (including phenoxy) is 1. The Kier molecular flexibility index (Phi) is 3.00. The Morgan fingerprint density at radius 1 is 1.20 bits per heavy atom. The number of aliphatic hydroxyl groups is 2. The van der Waals surface area contributed by atoms with Crippen LogP contribution in [0.1, 0.15) is 6.92 Å². The molecule has 84 valence electrons. The first-order valence-corrected chi connectivity index (χ1v) is 5.34. The second-order valence-electron chi connectivity index (χ2n) is 2.98. The first kappa shape index (κ1) is 11.9. The molecule has 1 aromatic rings. The van der Waals surface area contributed by atoms with Crippen LogP contribution in [0.3, 0.4) is 0 Å². The van der Waals surface area contributed by atoms with Gasteiger partial charge in [0.15, 0.2) is 0 Å². The molecule has 0 atom stereocenters. The highest BCUT2D eigenvalue weighted by Gasteiger charge is 2.17. The van der Waals surface area contributed by atoms with Crippen molar-refractivity contribution in [2.75, 3.05) is 0 Å². The van der Waals surface area contributed by atoms with Crippen LogP contribution in [-0.2, 0) is 10.1 Å². The van der Waals surface area contributed by atoms with Gasteiger partial charge in [-0.3, -0.25) is 4.55 Å². The summed E-state index contributed by atoms with van der Waals surface area (Å²) < 4.78 is 34.5. The van der Waals surface area contributed by atoms with E-state index in [1.807, 2.05) is 0 Å². The molecule has 7 heteroatoms. The van der Waals surface area contributed by atoms with E-state index in [1.54, 1.807) is 0 Å². The molecule has 0 saturated heterocycles. The first-order valence-electron chi connectivity index (χ1n) is 3.90. The maximum atomic E-state index is 10.6. The molecule has 0 spiro atoms. The summed E-state index contributed by atoms with van der Waals surface area (Å²) in [4.78, 5) is -0.299. The SMILES string of the molecule is CC(O)(O)Oc1ccc(S(=O)(=O)O)cc1. The van der Waals surface area contributed by atoms with Crippen LogP contribution >= 0.6 is 0 Å². The molecule has 0 bridgehead atoms. The molecule has 0 unspecified atom stereocenters. The van der Waals surface area contributed by atoms with E-state index in [0.29, 0.717) is 0 Å². The summed E-state index contributed by atoms with van der Waals surface area (Å²) in [7, 11) is -4.24.